The van der Waals surface area contributed by atoms with Crippen molar-refractivity contribution >= 4 is 17.3 Å². The van der Waals surface area contributed by atoms with E-state index in [1.807, 2.05) is 12.1 Å². The molecule has 2 aromatic rings. The molecule has 0 bridgehead atoms. The lowest BCUT2D eigenvalue weighted by atomic mass is 9.83. The Bertz CT molecular complexity index is 1190. The number of fused-ring (bicyclic) bond motifs is 3. The molecule has 0 spiro atoms. The highest BCUT2D eigenvalue weighted by Gasteiger charge is 2.53. The molecular weight excluding hydrogens is 450 g/mol. The first-order valence-electron chi connectivity index (χ1n) is 12.1. The van der Waals surface area contributed by atoms with Gasteiger partial charge in [0.2, 0.25) is 6.04 Å². The van der Waals surface area contributed by atoms with E-state index in [9.17, 15) is 14.8 Å². The van der Waals surface area contributed by atoms with Crippen LogP contribution in [0.15, 0.2) is 47.6 Å². The maximum Gasteiger partial charge on any atom is 0.213 e. The van der Waals surface area contributed by atoms with Gasteiger partial charge in [-0.05, 0) is 18.6 Å². The lowest BCUT2D eigenvalue weighted by molar-refractivity contribution is -0.679. The molecule has 1 fully saturated rings. The maximum atomic E-state index is 13.1. The summed E-state index contributed by atoms with van der Waals surface area (Å²) in [5.74, 6) is 1.12. The first-order valence-corrected chi connectivity index (χ1v) is 12.1. The summed E-state index contributed by atoms with van der Waals surface area (Å²) >= 11 is 0. The predicted molar refractivity (Wildman–Crippen MR) is 126 cm³/mol. The highest BCUT2D eigenvalue weighted by molar-refractivity contribution is 6.19. The smallest absolute Gasteiger partial charge is 0.213 e. The lowest BCUT2D eigenvalue weighted by Gasteiger charge is -2.36. The average Bonchev–Trinajstić information content (AvgIpc) is 3.24. The van der Waals surface area contributed by atoms with Gasteiger partial charge in [0, 0.05) is 65.7 Å². The Morgan fingerprint density at radius 3 is 2.40 bits per heavy atom. The van der Waals surface area contributed by atoms with Crippen molar-refractivity contribution in [1.29, 1.82) is 0 Å². The van der Waals surface area contributed by atoms with Crippen LogP contribution in [0.25, 0.3) is 0 Å². The highest BCUT2D eigenvalue weighted by atomic mass is 16.6. The molecule has 182 valence electrons. The van der Waals surface area contributed by atoms with Crippen LogP contribution in [-0.4, -0.2) is 91.0 Å². The topological polar surface area (TPSA) is 101 Å². The molecule has 10 heteroatoms. The summed E-state index contributed by atoms with van der Waals surface area (Å²) in [6.45, 7) is 5.91. The molecule has 1 aliphatic carbocycles. The minimum Gasteiger partial charge on any atom is -0.571 e. The van der Waals surface area contributed by atoms with Crippen LogP contribution in [0, 0.1) is 5.21 Å². The fraction of sp³-hybridized carbons (Fsp3) is 0.440. The van der Waals surface area contributed by atoms with Gasteiger partial charge in [0.15, 0.2) is 29.1 Å². The van der Waals surface area contributed by atoms with Crippen LogP contribution in [0.3, 0.4) is 0 Å². The van der Waals surface area contributed by atoms with Crippen LogP contribution in [-0.2, 0) is 0 Å². The van der Waals surface area contributed by atoms with Gasteiger partial charge in [-0.2, -0.15) is 0 Å². The van der Waals surface area contributed by atoms with Crippen LogP contribution >= 0.6 is 0 Å². The van der Waals surface area contributed by atoms with Crippen molar-refractivity contribution in [3.63, 3.8) is 0 Å². The summed E-state index contributed by atoms with van der Waals surface area (Å²) in [6.07, 6.45) is 0.699. The molecule has 0 radical (unpaired) electrons. The van der Waals surface area contributed by atoms with Crippen molar-refractivity contribution in [2.24, 2.45) is 5.11 Å². The van der Waals surface area contributed by atoms with Crippen molar-refractivity contribution in [2.75, 3.05) is 57.4 Å². The largest absolute Gasteiger partial charge is 0.571 e. The summed E-state index contributed by atoms with van der Waals surface area (Å²) in [4.78, 5) is 31.0. The van der Waals surface area contributed by atoms with Gasteiger partial charge in [0.1, 0.15) is 13.2 Å². The molecule has 4 aliphatic rings. The Hall–Kier alpha value is -3.66. The number of hydrogen-bond acceptors (Lipinski definition) is 9. The molecule has 10 nitrogen and oxygen atoms in total. The Balaban J connectivity index is 1.03. The van der Waals surface area contributed by atoms with E-state index in [1.54, 1.807) is 24.3 Å². The molecule has 6 rings (SSSR count). The Morgan fingerprint density at radius 1 is 0.914 bits per heavy atom. The Morgan fingerprint density at radius 2 is 1.63 bits per heavy atom. The first-order chi connectivity index (χ1) is 17.1. The fourth-order valence-electron chi connectivity index (χ4n) is 5.35. The second kappa shape index (κ2) is 8.84. The summed E-state index contributed by atoms with van der Waals surface area (Å²) in [5, 5.41) is 17.9. The zero-order valence-electron chi connectivity index (χ0n) is 19.3. The van der Waals surface area contributed by atoms with Gasteiger partial charge >= 0.3 is 0 Å². The Labute approximate surface area is 202 Å². The number of ether oxygens (including phenoxy) is 2. The van der Waals surface area contributed by atoms with E-state index in [4.69, 9.17) is 9.47 Å². The SMILES string of the molecule is O=C1c2ccccc2C(=O)C2C1N=[N+]([O-])N2CCCN1CCN(c2ccc3c(c2)OCCO3)CC1. The predicted octanol–water partition coefficient (Wildman–Crippen LogP) is 1.98. The van der Waals surface area contributed by atoms with Crippen molar-refractivity contribution in [2.45, 2.75) is 18.5 Å². The van der Waals surface area contributed by atoms with Gasteiger partial charge in [-0.15, -0.1) is 5.01 Å². The van der Waals surface area contributed by atoms with Gasteiger partial charge in [0.25, 0.3) is 0 Å². The van der Waals surface area contributed by atoms with Crippen LogP contribution in [0.1, 0.15) is 27.1 Å². The number of carbonyl (C=O) groups is 2. The van der Waals surface area contributed by atoms with E-state index in [2.05, 4.69) is 21.0 Å². The second-order valence-corrected chi connectivity index (χ2v) is 9.21. The van der Waals surface area contributed by atoms with Gasteiger partial charge in [-0.25, -0.2) is 0 Å². The molecule has 35 heavy (non-hydrogen) atoms. The number of hydrazine groups is 1. The van der Waals surface area contributed by atoms with Gasteiger partial charge in [-0.3, -0.25) is 14.5 Å². The molecule has 0 amide bonds. The molecule has 1 saturated heterocycles. The average molecular weight is 478 g/mol. The zero-order valence-corrected chi connectivity index (χ0v) is 19.3. The summed E-state index contributed by atoms with van der Waals surface area (Å²) < 4.78 is 11.3. The molecular formula is C25H27N5O5. The molecule has 2 unspecified atom stereocenters. The van der Waals surface area contributed by atoms with Gasteiger partial charge in [0.05, 0.1) is 6.54 Å². The third kappa shape index (κ3) is 3.87. The van der Waals surface area contributed by atoms with Gasteiger partial charge in [-0.1, -0.05) is 24.3 Å². The molecule has 0 N–H and O–H groups in total. The summed E-state index contributed by atoms with van der Waals surface area (Å²) in [5.41, 5.74) is 1.86. The number of carbonyl (C=O) groups excluding carboxylic acids is 2. The number of benzene rings is 2. The second-order valence-electron chi connectivity index (χ2n) is 9.21. The van der Waals surface area contributed by atoms with Crippen molar-refractivity contribution in [1.82, 2.24) is 9.91 Å². The van der Waals surface area contributed by atoms with Crippen molar-refractivity contribution in [3.8, 4) is 11.5 Å². The molecule has 3 aliphatic heterocycles. The Kier molecular flexibility index (Phi) is 5.52. The van der Waals surface area contributed by atoms with E-state index in [0.717, 1.165) is 49.9 Å². The molecule has 3 heterocycles. The normalized spacial score (nSPS) is 23.7. The quantitative estimate of drug-likeness (QED) is 0.476. The number of anilines is 1. The van der Waals surface area contributed by atoms with Crippen LogP contribution in [0.2, 0.25) is 0 Å². The minimum atomic E-state index is -0.954. The first kappa shape index (κ1) is 21.8. The van der Waals surface area contributed by atoms with Crippen molar-refractivity contribution in [3.05, 3.63) is 58.8 Å². The van der Waals surface area contributed by atoms with Crippen LogP contribution in [0.4, 0.5) is 5.69 Å². The zero-order chi connectivity index (χ0) is 23.9. The fourth-order valence-corrected chi connectivity index (χ4v) is 5.35. The lowest BCUT2D eigenvalue weighted by Crippen LogP contribution is -2.52. The van der Waals surface area contributed by atoms with Gasteiger partial charge < -0.3 is 19.6 Å². The number of Topliss-reactive ketones (excluding diaryl/α,β-unsaturated/α-hetero) is 2. The number of hydrogen-bond donors (Lipinski definition) is 0. The van der Waals surface area contributed by atoms with E-state index in [-0.39, 0.29) is 11.6 Å². The number of rotatable bonds is 5. The number of nitrogens with zero attached hydrogens (tertiary/aromatic N) is 5. The standard InChI is InChI=1S/C25H27N5O5/c31-24-18-4-1-2-5-19(18)25(32)23-22(24)26-30(33)29(23)9-3-8-27-10-12-28(13-11-27)17-6-7-20-21(16-17)35-15-14-34-20/h1-2,4-7,16,22-23H,3,8-15H2. The third-order valence-electron chi connectivity index (χ3n) is 7.18. The van der Waals surface area contributed by atoms with Crippen molar-refractivity contribution < 1.29 is 24.0 Å². The van der Waals surface area contributed by atoms with E-state index < -0.39 is 12.1 Å². The third-order valence-corrected chi connectivity index (χ3v) is 7.18. The molecule has 0 aromatic heterocycles. The molecule has 0 saturated carbocycles. The van der Waals surface area contributed by atoms with E-state index in [0.29, 0.717) is 42.3 Å². The van der Waals surface area contributed by atoms with E-state index >= 15 is 0 Å². The van der Waals surface area contributed by atoms with Crippen LogP contribution in [0.5, 0.6) is 11.5 Å². The molecule has 2 atom stereocenters. The monoisotopic (exact) mass is 477 g/mol. The van der Waals surface area contributed by atoms with Crippen LogP contribution < -0.4 is 14.4 Å². The summed E-state index contributed by atoms with van der Waals surface area (Å²) in [6, 6.07) is 11.0. The summed E-state index contributed by atoms with van der Waals surface area (Å²) in [7, 11) is 0. The highest BCUT2D eigenvalue weighted by Crippen LogP contribution is 2.34. The number of ketones is 2. The maximum absolute atomic E-state index is 13.1. The minimum absolute atomic E-state index is 0.208. The van der Waals surface area contributed by atoms with E-state index in [1.165, 1.54) is 5.01 Å². The number of piperazine rings is 1. The molecule has 2 aromatic carbocycles.